The third-order valence-electron chi connectivity index (χ3n) is 5.71. The van der Waals surface area contributed by atoms with Crippen molar-refractivity contribution in [3.63, 3.8) is 0 Å². The summed E-state index contributed by atoms with van der Waals surface area (Å²) in [5.74, 6) is 1.02. The van der Waals surface area contributed by atoms with E-state index in [9.17, 15) is 18.0 Å². The number of hydrogen-bond acceptors (Lipinski definition) is 5. The maximum atomic E-state index is 13.1. The number of carbonyl (C=O) groups is 1. The van der Waals surface area contributed by atoms with Gasteiger partial charge >= 0.3 is 6.18 Å². The number of nitrogens with zero attached hydrogens (tertiary/aromatic N) is 3. The van der Waals surface area contributed by atoms with Gasteiger partial charge in [0.05, 0.1) is 11.1 Å². The molecule has 6 nitrogen and oxygen atoms in total. The Bertz CT molecular complexity index is 933. The van der Waals surface area contributed by atoms with Crippen LogP contribution < -0.4 is 15.5 Å². The fourth-order valence-electron chi connectivity index (χ4n) is 4.09. The molecule has 2 aromatic heterocycles. The third kappa shape index (κ3) is 6.11. The standard InChI is InChI=1S/C23H30F3N5O/c1-14-9-15(2)29-20(10-14)27-12-16-5-7-18(8-6-16)30-22(32)19-11-17(23(24,25)26)13-28-21(19)31(3)4/h9-11,13,16,18H,5-8,12H2,1-4H3,(H,27,29)(H,30,32)/t16-,18-. The molecule has 0 unspecified atom stereocenters. The minimum atomic E-state index is -4.55. The van der Waals surface area contributed by atoms with Crippen LogP contribution in [0.25, 0.3) is 0 Å². The van der Waals surface area contributed by atoms with Gasteiger partial charge in [0.15, 0.2) is 0 Å². The van der Waals surface area contributed by atoms with Crippen LogP contribution in [0.5, 0.6) is 0 Å². The highest BCUT2D eigenvalue weighted by Crippen LogP contribution is 2.31. The molecule has 32 heavy (non-hydrogen) atoms. The number of carbonyl (C=O) groups excluding carboxylic acids is 1. The average molecular weight is 450 g/mol. The van der Waals surface area contributed by atoms with Crippen molar-refractivity contribution in [3.8, 4) is 0 Å². The topological polar surface area (TPSA) is 70.1 Å². The first-order valence-electron chi connectivity index (χ1n) is 10.8. The Kier molecular flexibility index (Phi) is 7.26. The van der Waals surface area contributed by atoms with Gasteiger partial charge in [0, 0.05) is 38.6 Å². The summed E-state index contributed by atoms with van der Waals surface area (Å²) in [6, 6.07) is 4.86. The largest absolute Gasteiger partial charge is 0.417 e. The molecule has 1 fully saturated rings. The van der Waals surface area contributed by atoms with Gasteiger partial charge in [-0.05, 0) is 69.2 Å². The summed E-state index contributed by atoms with van der Waals surface area (Å²) in [6.07, 6.45) is -0.393. The molecule has 1 aliphatic rings. The van der Waals surface area contributed by atoms with Crippen LogP contribution in [-0.2, 0) is 6.18 Å². The number of aromatic nitrogens is 2. The molecule has 1 amide bonds. The van der Waals surface area contributed by atoms with Crippen molar-refractivity contribution < 1.29 is 18.0 Å². The second kappa shape index (κ2) is 9.75. The zero-order valence-corrected chi connectivity index (χ0v) is 18.9. The smallest absolute Gasteiger partial charge is 0.370 e. The minimum absolute atomic E-state index is 0.0606. The van der Waals surface area contributed by atoms with E-state index in [0.717, 1.165) is 61.6 Å². The Morgan fingerprint density at radius 1 is 1.12 bits per heavy atom. The molecule has 9 heteroatoms. The van der Waals surface area contributed by atoms with Gasteiger partial charge in [-0.15, -0.1) is 0 Å². The van der Waals surface area contributed by atoms with E-state index < -0.39 is 17.6 Å². The van der Waals surface area contributed by atoms with E-state index in [4.69, 9.17) is 0 Å². The lowest BCUT2D eigenvalue weighted by atomic mass is 9.86. The molecular formula is C23H30F3N5O. The average Bonchev–Trinajstić information content (AvgIpc) is 2.71. The molecule has 0 bridgehead atoms. The fraction of sp³-hybridized carbons (Fsp3) is 0.522. The molecule has 0 atom stereocenters. The number of aryl methyl sites for hydroxylation is 2. The summed E-state index contributed by atoms with van der Waals surface area (Å²) in [6.45, 7) is 4.81. The predicted molar refractivity (Wildman–Crippen MR) is 119 cm³/mol. The van der Waals surface area contributed by atoms with Crippen LogP contribution in [0, 0.1) is 19.8 Å². The second-order valence-corrected chi connectivity index (χ2v) is 8.73. The second-order valence-electron chi connectivity index (χ2n) is 8.73. The van der Waals surface area contributed by atoms with Crippen LogP contribution in [-0.4, -0.2) is 42.6 Å². The van der Waals surface area contributed by atoms with Crippen molar-refractivity contribution in [1.29, 1.82) is 0 Å². The van der Waals surface area contributed by atoms with E-state index in [1.807, 2.05) is 26.0 Å². The molecule has 0 spiro atoms. The highest BCUT2D eigenvalue weighted by atomic mass is 19.4. The van der Waals surface area contributed by atoms with Crippen molar-refractivity contribution in [2.45, 2.75) is 51.7 Å². The first kappa shape index (κ1) is 23.8. The lowest BCUT2D eigenvalue weighted by Crippen LogP contribution is -2.39. The summed E-state index contributed by atoms with van der Waals surface area (Å²) in [7, 11) is 3.30. The lowest BCUT2D eigenvalue weighted by Gasteiger charge is -2.29. The van der Waals surface area contributed by atoms with Gasteiger partial charge in [-0.3, -0.25) is 4.79 Å². The first-order valence-corrected chi connectivity index (χ1v) is 10.8. The van der Waals surface area contributed by atoms with Crippen LogP contribution >= 0.6 is 0 Å². The van der Waals surface area contributed by atoms with E-state index in [1.165, 1.54) is 0 Å². The number of hydrogen-bond donors (Lipinski definition) is 2. The molecule has 3 rings (SSSR count). The number of anilines is 2. The molecule has 2 N–H and O–H groups in total. The molecule has 0 aromatic carbocycles. The number of amides is 1. The van der Waals surface area contributed by atoms with E-state index in [-0.39, 0.29) is 17.4 Å². The SMILES string of the molecule is Cc1cc(C)nc(NC[C@H]2CC[C@H](NC(=O)c3cc(C(F)(F)F)cnc3N(C)C)CC2)c1. The molecule has 2 aromatic rings. The quantitative estimate of drug-likeness (QED) is 0.676. The maximum absolute atomic E-state index is 13.1. The van der Waals surface area contributed by atoms with Gasteiger partial charge in [-0.25, -0.2) is 9.97 Å². The zero-order chi connectivity index (χ0) is 23.5. The van der Waals surface area contributed by atoms with Crippen molar-refractivity contribution in [2.75, 3.05) is 30.9 Å². The third-order valence-corrected chi connectivity index (χ3v) is 5.71. The molecule has 0 radical (unpaired) electrons. The van der Waals surface area contributed by atoms with Crippen molar-refractivity contribution in [2.24, 2.45) is 5.92 Å². The number of pyridine rings is 2. The number of nitrogens with one attached hydrogen (secondary N) is 2. The lowest BCUT2D eigenvalue weighted by molar-refractivity contribution is -0.137. The Morgan fingerprint density at radius 3 is 2.41 bits per heavy atom. The normalized spacial score (nSPS) is 18.8. The number of rotatable bonds is 6. The minimum Gasteiger partial charge on any atom is -0.370 e. The summed E-state index contributed by atoms with van der Waals surface area (Å²) >= 11 is 0. The van der Waals surface area contributed by atoms with Crippen molar-refractivity contribution in [3.05, 3.63) is 46.8 Å². The van der Waals surface area contributed by atoms with Gasteiger partial charge in [0.2, 0.25) is 0 Å². The molecule has 0 saturated heterocycles. The monoisotopic (exact) mass is 449 g/mol. The molecule has 174 valence electrons. The summed E-state index contributed by atoms with van der Waals surface area (Å²) in [5.41, 5.74) is 1.14. The van der Waals surface area contributed by atoms with E-state index in [2.05, 4.69) is 20.6 Å². The first-order chi connectivity index (χ1) is 15.0. The summed E-state index contributed by atoms with van der Waals surface area (Å²) in [4.78, 5) is 22.7. The van der Waals surface area contributed by atoms with Gasteiger partial charge < -0.3 is 15.5 Å². The van der Waals surface area contributed by atoms with Gasteiger partial charge in [-0.2, -0.15) is 13.2 Å². The Morgan fingerprint density at radius 2 is 1.81 bits per heavy atom. The highest BCUT2D eigenvalue weighted by Gasteiger charge is 2.33. The van der Waals surface area contributed by atoms with Crippen molar-refractivity contribution in [1.82, 2.24) is 15.3 Å². The van der Waals surface area contributed by atoms with Gasteiger partial charge in [0.25, 0.3) is 5.91 Å². The summed E-state index contributed by atoms with van der Waals surface area (Å²) < 4.78 is 39.3. The van der Waals surface area contributed by atoms with Gasteiger partial charge in [-0.1, -0.05) is 0 Å². The zero-order valence-electron chi connectivity index (χ0n) is 18.9. The van der Waals surface area contributed by atoms with Gasteiger partial charge in [0.1, 0.15) is 11.6 Å². The Labute approximate surface area is 186 Å². The van der Waals surface area contributed by atoms with E-state index in [0.29, 0.717) is 5.92 Å². The Hall–Kier alpha value is -2.84. The van der Waals surface area contributed by atoms with Crippen LogP contribution in [0.15, 0.2) is 24.4 Å². The molecule has 1 aliphatic carbocycles. The molecular weight excluding hydrogens is 419 g/mol. The van der Waals surface area contributed by atoms with Crippen molar-refractivity contribution >= 4 is 17.5 Å². The van der Waals surface area contributed by atoms with Crippen LogP contribution in [0.2, 0.25) is 0 Å². The van der Waals surface area contributed by atoms with Crippen LogP contribution in [0.1, 0.15) is 52.9 Å². The molecule has 2 heterocycles. The summed E-state index contributed by atoms with van der Waals surface area (Å²) in [5, 5.41) is 6.31. The number of alkyl halides is 3. The Balaban J connectivity index is 1.57. The van der Waals surface area contributed by atoms with Crippen LogP contribution in [0.4, 0.5) is 24.8 Å². The van der Waals surface area contributed by atoms with E-state index >= 15 is 0 Å². The van der Waals surface area contributed by atoms with Crippen LogP contribution in [0.3, 0.4) is 0 Å². The maximum Gasteiger partial charge on any atom is 0.417 e. The fourth-order valence-corrected chi connectivity index (χ4v) is 4.09. The molecule has 0 aliphatic heterocycles. The highest BCUT2D eigenvalue weighted by molar-refractivity contribution is 5.99. The molecule has 1 saturated carbocycles. The van der Waals surface area contributed by atoms with E-state index in [1.54, 1.807) is 19.0 Å². The predicted octanol–water partition coefficient (Wildman–Crippen LogP) is 4.58. The number of halogens is 3.